The highest BCUT2D eigenvalue weighted by Crippen LogP contribution is 2.25. The van der Waals surface area contributed by atoms with Crippen molar-refractivity contribution >= 4 is 22.8 Å². The van der Waals surface area contributed by atoms with Crippen LogP contribution in [-0.4, -0.2) is 47.8 Å². The van der Waals surface area contributed by atoms with Crippen LogP contribution in [0.3, 0.4) is 0 Å². The summed E-state index contributed by atoms with van der Waals surface area (Å²) in [6.07, 6.45) is 3.74. The molecule has 3 heterocycles. The second-order valence-corrected chi connectivity index (χ2v) is 6.75. The number of hydrogen-bond acceptors (Lipinski definition) is 3. The van der Waals surface area contributed by atoms with Gasteiger partial charge in [-0.25, -0.2) is 0 Å². The first-order valence-corrected chi connectivity index (χ1v) is 8.79. The Morgan fingerprint density at radius 3 is 2.38 bits per heavy atom. The number of nitrogens with zero attached hydrogens (tertiary/aromatic N) is 2. The second kappa shape index (κ2) is 6.30. The lowest BCUT2D eigenvalue weighted by molar-refractivity contribution is -0.135. The van der Waals surface area contributed by atoms with E-state index in [1.54, 1.807) is 6.07 Å². The molecule has 2 fully saturated rings. The third-order valence-corrected chi connectivity index (χ3v) is 5.19. The van der Waals surface area contributed by atoms with Gasteiger partial charge >= 0.3 is 0 Å². The number of fused-ring (bicyclic) bond motifs is 1. The molecule has 2 aromatic rings. The maximum absolute atomic E-state index is 12.6. The van der Waals surface area contributed by atoms with Gasteiger partial charge in [0.05, 0.1) is 0 Å². The summed E-state index contributed by atoms with van der Waals surface area (Å²) in [6, 6.07) is 9.44. The van der Waals surface area contributed by atoms with Crippen LogP contribution < -0.4 is 0 Å². The van der Waals surface area contributed by atoms with Crippen LogP contribution in [0, 0.1) is 5.92 Å². The molecule has 0 atom stereocenters. The number of likely N-dealkylation sites (tertiary alicyclic amines) is 2. The van der Waals surface area contributed by atoms with Crippen molar-refractivity contribution in [1.82, 2.24) is 9.80 Å². The standard InChI is InChI=1S/C19H22N2O3/c22-18(20-9-3-4-10-20)14-7-11-21(12-8-14)19(23)17-13-15-5-1-2-6-16(15)24-17/h1-2,5-6,13-14H,3-4,7-12H2. The van der Waals surface area contributed by atoms with Crippen molar-refractivity contribution in [2.45, 2.75) is 25.7 Å². The summed E-state index contributed by atoms with van der Waals surface area (Å²) in [5, 5.41) is 0.944. The molecule has 126 valence electrons. The first kappa shape index (κ1) is 15.2. The zero-order valence-corrected chi connectivity index (χ0v) is 13.7. The minimum Gasteiger partial charge on any atom is -0.451 e. The van der Waals surface area contributed by atoms with Gasteiger partial charge in [0.15, 0.2) is 5.76 Å². The Balaban J connectivity index is 1.39. The summed E-state index contributed by atoms with van der Waals surface area (Å²) < 4.78 is 5.67. The molecule has 2 aliphatic heterocycles. The summed E-state index contributed by atoms with van der Waals surface area (Å²) in [7, 11) is 0. The summed E-state index contributed by atoms with van der Waals surface area (Å²) in [4.78, 5) is 28.9. The zero-order chi connectivity index (χ0) is 16.5. The molecule has 4 rings (SSSR count). The SMILES string of the molecule is O=C(c1cc2ccccc2o1)N1CCC(C(=O)N2CCCC2)CC1. The van der Waals surface area contributed by atoms with Gasteiger partial charge in [0, 0.05) is 37.5 Å². The van der Waals surface area contributed by atoms with Gasteiger partial charge in [-0.05, 0) is 37.8 Å². The normalized spacial score (nSPS) is 19.2. The van der Waals surface area contributed by atoms with Gasteiger partial charge < -0.3 is 14.2 Å². The Morgan fingerprint density at radius 2 is 1.67 bits per heavy atom. The van der Waals surface area contributed by atoms with Crippen LogP contribution in [-0.2, 0) is 4.79 Å². The van der Waals surface area contributed by atoms with Crippen molar-refractivity contribution < 1.29 is 14.0 Å². The van der Waals surface area contributed by atoms with Crippen LogP contribution in [0.4, 0.5) is 0 Å². The Morgan fingerprint density at radius 1 is 0.958 bits per heavy atom. The van der Waals surface area contributed by atoms with Gasteiger partial charge in [0.1, 0.15) is 5.58 Å². The molecule has 0 spiro atoms. The molecule has 5 nitrogen and oxygen atoms in total. The highest BCUT2D eigenvalue weighted by Gasteiger charge is 2.32. The second-order valence-electron chi connectivity index (χ2n) is 6.75. The number of carbonyl (C=O) groups excluding carboxylic acids is 2. The molecule has 1 aromatic heterocycles. The van der Waals surface area contributed by atoms with Crippen LogP contribution in [0.1, 0.15) is 36.2 Å². The van der Waals surface area contributed by atoms with Crippen molar-refractivity contribution in [3.63, 3.8) is 0 Å². The number of hydrogen-bond donors (Lipinski definition) is 0. The fourth-order valence-corrected chi connectivity index (χ4v) is 3.77. The summed E-state index contributed by atoms with van der Waals surface area (Å²) >= 11 is 0. The van der Waals surface area contributed by atoms with E-state index >= 15 is 0 Å². The molecule has 0 saturated carbocycles. The van der Waals surface area contributed by atoms with E-state index in [0.717, 1.165) is 49.7 Å². The van der Waals surface area contributed by atoms with E-state index < -0.39 is 0 Å². The first-order chi connectivity index (χ1) is 11.7. The minimum absolute atomic E-state index is 0.0710. The first-order valence-electron chi connectivity index (χ1n) is 8.79. The molecule has 0 aliphatic carbocycles. The fourth-order valence-electron chi connectivity index (χ4n) is 3.77. The maximum atomic E-state index is 12.6. The molecule has 24 heavy (non-hydrogen) atoms. The van der Waals surface area contributed by atoms with E-state index in [-0.39, 0.29) is 17.7 Å². The largest absolute Gasteiger partial charge is 0.451 e. The van der Waals surface area contributed by atoms with Gasteiger partial charge in [-0.2, -0.15) is 0 Å². The number of carbonyl (C=O) groups is 2. The molecular formula is C19H22N2O3. The average molecular weight is 326 g/mol. The lowest BCUT2D eigenvalue weighted by Crippen LogP contribution is -2.43. The van der Waals surface area contributed by atoms with Crippen molar-refractivity contribution in [3.8, 4) is 0 Å². The van der Waals surface area contributed by atoms with E-state index in [2.05, 4.69) is 0 Å². The van der Waals surface area contributed by atoms with Crippen molar-refractivity contribution in [3.05, 3.63) is 36.1 Å². The van der Waals surface area contributed by atoms with E-state index in [1.807, 2.05) is 34.1 Å². The average Bonchev–Trinajstić information content (AvgIpc) is 3.30. The van der Waals surface area contributed by atoms with Crippen molar-refractivity contribution in [2.24, 2.45) is 5.92 Å². The zero-order valence-electron chi connectivity index (χ0n) is 13.7. The molecule has 5 heteroatoms. The fraction of sp³-hybridized carbons (Fsp3) is 0.474. The number of rotatable bonds is 2. The van der Waals surface area contributed by atoms with Gasteiger partial charge in [0.2, 0.25) is 5.91 Å². The molecule has 0 radical (unpaired) electrons. The summed E-state index contributed by atoms with van der Waals surface area (Å²) in [6.45, 7) is 3.05. The Labute approximate surface area is 141 Å². The number of piperidine rings is 1. The molecule has 2 amide bonds. The number of benzene rings is 1. The lowest BCUT2D eigenvalue weighted by Gasteiger charge is -2.32. The molecule has 2 saturated heterocycles. The van der Waals surface area contributed by atoms with Crippen LogP contribution in [0.2, 0.25) is 0 Å². The predicted octanol–water partition coefficient (Wildman–Crippen LogP) is 2.91. The summed E-state index contributed by atoms with van der Waals surface area (Å²) in [5.41, 5.74) is 0.736. The third-order valence-electron chi connectivity index (χ3n) is 5.19. The third kappa shape index (κ3) is 2.79. The molecule has 0 unspecified atom stereocenters. The van der Waals surface area contributed by atoms with Gasteiger partial charge in [-0.1, -0.05) is 18.2 Å². The molecule has 0 N–H and O–H groups in total. The maximum Gasteiger partial charge on any atom is 0.289 e. The van der Waals surface area contributed by atoms with Crippen LogP contribution in [0.5, 0.6) is 0 Å². The van der Waals surface area contributed by atoms with Gasteiger partial charge in [-0.15, -0.1) is 0 Å². The Bertz CT molecular complexity index is 720. The van der Waals surface area contributed by atoms with Gasteiger partial charge in [-0.3, -0.25) is 9.59 Å². The minimum atomic E-state index is -0.0710. The highest BCUT2D eigenvalue weighted by molar-refractivity contribution is 5.96. The quantitative estimate of drug-likeness (QED) is 0.853. The number of furan rings is 1. The summed E-state index contributed by atoms with van der Waals surface area (Å²) in [5.74, 6) is 0.671. The van der Waals surface area contributed by atoms with Crippen LogP contribution in [0.25, 0.3) is 11.0 Å². The lowest BCUT2D eigenvalue weighted by atomic mass is 9.95. The van der Waals surface area contributed by atoms with E-state index in [9.17, 15) is 9.59 Å². The van der Waals surface area contributed by atoms with Crippen LogP contribution >= 0.6 is 0 Å². The molecular weight excluding hydrogens is 304 g/mol. The number of para-hydroxylation sites is 1. The number of amides is 2. The molecule has 1 aromatic carbocycles. The van der Waals surface area contributed by atoms with E-state index in [0.29, 0.717) is 18.8 Å². The smallest absolute Gasteiger partial charge is 0.289 e. The topological polar surface area (TPSA) is 53.8 Å². The highest BCUT2D eigenvalue weighted by atomic mass is 16.3. The van der Waals surface area contributed by atoms with Crippen molar-refractivity contribution in [1.29, 1.82) is 0 Å². The van der Waals surface area contributed by atoms with E-state index in [4.69, 9.17) is 4.42 Å². The Hall–Kier alpha value is -2.30. The van der Waals surface area contributed by atoms with Crippen molar-refractivity contribution in [2.75, 3.05) is 26.2 Å². The molecule has 0 bridgehead atoms. The van der Waals surface area contributed by atoms with Gasteiger partial charge in [0.25, 0.3) is 5.91 Å². The monoisotopic (exact) mass is 326 g/mol. The molecule has 2 aliphatic rings. The Kier molecular flexibility index (Phi) is 4.00. The predicted molar refractivity (Wildman–Crippen MR) is 90.7 cm³/mol. The van der Waals surface area contributed by atoms with Crippen LogP contribution in [0.15, 0.2) is 34.7 Å². The van der Waals surface area contributed by atoms with E-state index in [1.165, 1.54) is 0 Å².